The van der Waals surface area contributed by atoms with Crippen LogP contribution >= 0.6 is 11.3 Å². The molecule has 3 aromatic rings. The van der Waals surface area contributed by atoms with Crippen molar-refractivity contribution < 1.29 is 14.3 Å². The van der Waals surface area contributed by atoms with Gasteiger partial charge in [0.25, 0.3) is 0 Å². The second kappa shape index (κ2) is 7.52. The molecular formula is C21H20N2O4S. The molecule has 0 saturated carbocycles. The van der Waals surface area contributed by atoms with E-state index in [1.807, 2.05) is 56.3 Å². The van der Waals surface area contributed by atoms with Crippen LogP contribution in [0, 0.1) is 6.92 Å². The van der Waals surface area contributed by atoms with E-state index in [1.165, 1.54) is 4.57 Å². The van der Waals surface area contributed by atoms with Gasteiger partial charge in [-0.15, -0.1) is 0 Å². The van der Waals surface area contributed by atoms with Crippen molar-refractivity contribution >= 4 is 17.2 Å². The molecule has 1 N–H and O–H groups in total. The fourth-order valence-electron chi connectivity index (χ4n) is 3.13. The zero-order valence-electron chi connectivity index (χ0n) is 15.6. The molecule has 6 nitrogen and oxygen atoms in total. The number of hydrogen-bond acceptors (Lipinski definition) is 5. The van der Waals surface area contributed by atoms with Crippen LogP contribution in [-0.2, 0) is 11.3 Å². The maximum atomic E-state index is 12.6. The SMILES string of the molecule is Cc1ccc(-c2csc(=O)n2CC(=O)N[C@H](C)c2ccc3c(c2)OCO3)cc1. The van der Waals surface area contributed by atoms with Gasteiger partial charge in [-0.2, -0.15) is 0 Å². The number of thiazole rings is 1. The number of nitrogens with one attached hydrogen (secondary N) is 1. The highest BCUT2D eigenvalue weighted by molar-refractivity contribution is 7.07. The van der Waals surface area contributed by atoms with E-state index in [-0.39, 0.29) is 30.2 Å². The molecule has 0 aliphatic carbocycles. The smallest absolute Gasteiger partial charge is 0.308 e. The Kier molecular flexibility index (Phi) is 4.92. The lowest BCUT2D eigenvalue weighted by atomic mass is 10.1. The molecule has 1 atom stereocenters. The molecule has 1 aliphatic heterocycles. The highest BCUT2D eigenvalue weighted by atomic mass is 32.1. The summed E-state index contributed by atoms with van der Waals surface area (Å²) in [5.41, 5.74) is 3.72. The molecule has 1 aliphatic rings. The highest BCUT2D eigenvalue weighted by Crippen LogP contribution is 2.34. The Balaban J connectivity index is 1.49. The molecule has 0 radical (unpaired) electrons. The first-order valence-electron chi connectivity index (χ1n) is 8.95. The summed E-state index contributed by atoms with van der Waals surface area (Å²) in [5, 5.41) is 4.74. The number of rotatable bonds is 5. The van der Waals surface area contributed by atoms with E-state index < -0.39 is 0 Å². The minimum atomic E-state index is -0.223. The van der Waals surface area contributed by atoms with Crippen LogP contribution in [0.15, 0.2) is 52.6 Å². The summed E-state index contributed by atoms with van der Waals surface area (Å²) in [6, 6.07) is 13.3. The number of benzene rings is 2. The van der Waals surface area contributed by atoms with Crippen molar-refractivity contribution in [2.24, 2.45) is 0 Å². The summed E-state index contributed by atoms with van der Waals surface area (Å²) in [6.45, 7) is 4.09. The van der Waals surface area contributed by atoms with Crippen LogP contribution in [0.2, 0.25) is 0 Å². The molecule has 1 amide bonds. The molecule has 2 heterocycles. The Morgan fingerprint density at radius 1 is 1.18 bits per heavy atom. The van der Waals surface area contributed by atoms with Crippen LogP contribution in [0.4, 0.5) is 0 Å². The lowest BCUT2D eigenvalue weighted by Crippen LogP contribution is -2.32. The number of fused-ring (bicyclic) bond motifs is 1. The number of aromatic nitrogens is 1. The fourth-order valence-corrected chi connectivity index (χ4v) is 3.89. The van der Waals surface area contributed by atoms with Crippen molar-refractivity contribution in [1.29, 1.82) is 0 Å². The molecule has 0 unspecified atom stereocenters. The third-order valence-corrected chi connectivity index (χ3v) is 5.47. The summed E-state index contributed by atoms with van der Waals surface area (Å²) in [4.78, 5) is 24.7. The maximum Gasteiger partial charge on any atom is 0.308 e. The first-order valence-corrected chi connectivity index (χ1v) is 9.83. The minimum Gasteiger partial charge on any atom is -0.454 e. The van der Waals surface area contributed by atoms with E-state index in [1.54, 1.807) is 5.38 Å². The van der Waals surface area contributed by atoms with E-state index in [4.69, 9.17) is 9.47 Å². The first kappa shape index (κ1) is 18.3. The van der Waals surface area contributed by atoms with Gasteiger partial charge in [-0.1, -0.05) is 47.2 Å². The molecule has 0 fully saturated rings. The van der Waals surface area contributed by atoms with Crippen molar-refractivity contribution in [3.8, 4) is 22.8 Å². The maximum absolute atomic E-state index is 12.6. The van der Waals surface area contributed by atoms with E-state index in [0.29, 0.717) is 11.5 Å². The number of amides is 1. The van der Waals surface area contributed by atoms with Crippen molar-refractivity contribution in [2.75, 3.05) is 6.79 Å². The Hall–Kier alpha value is -3.06. The largest absolute Gasteiger partial charge is 0.454 e. The normalized spacial score (nSPS) is 13.4. The van der Waals surface area contributed by atoms with Gasteiger partial charge >= 0.3 is 4.87 Å². The van der Waals surface area contributed by atoms with Gasteiger partial charge in [0.1, 0.15) is 6.54 Å². The van der Waals surface area contributed by atoms with Crippen LogP contribution < -0.4 is 19.7 Å². The van der Waals surface area contributed by atoms with E-state index in [0.717, 1.165) is 33.7 Å². The monoisotopic (exact) mass is 396 g/mol. The van der Waals surface area contributed by atoms with Crippen molar-refractivity contribution in [2.45, 2.75) is 26.4 Å². The molecule has 0 saturated heterocycles. The van der Waals surface area contributed by atoms with Gasteiger partial charge in [0.2, 0.25) is 12.7 Å². The zero-order chi connectivity index (χ0) is 19.7. The van der Waals surface area contributed by atoms with E-state index in [2.05, 4.69) is 5.32 Å². The van der Waals surface area contributed by atoms with Gasteiger partial charge in [-0.3, -0.25) is 14.2 Å². The van der Waals surface area contributed by atoms with Crippen molar-refractivity contribution in [3.63, 3.8) is 0 Å². The number of aryl methyl sites for hydroxylation is 1. The number of ether oxygens (including phenoxy) is 2. The van der Waals surface area contributed by atoms with Gasteiger partial charge < -0.3 is 14.8 Å². The lowest BCUT2D eigenvalue weighted by Gasteiger charge is -2.16. The molecule has 0 bridgehead atoms. The molecule has 1 aromatic heterocycles. The zero-order valence-corrected chi connectivity index (χ0v) is 16.4. The molecule has 28 heavy (non-hydrogen) atoms. The first-order chi connectivity index (χ1) is 13.5. The van der Waals surface area contributed by atoms with Crippen LogP contribution in [0.5, 0.6) is 11.5 Å². The van der Waals surface area contributed by atoms with Gasteiger partial charge in [-0.05, 0) is 37.1 Å². The third kappa shape index (κ3) is 3.66. The lowest BCUT2D eigenvalue weighted by molar-refractivity contribution is -0.122. The third-order valence-electron chi connectivity index (χ3n) is 4.71. The van der Waals surface area contributed by atoms with E-state index >= 15 is 0 Å². The van der Waals surface area contributed by atoms with Gasteiger partial charge in [0.05, 0.1) is 11.7 Å². The number of carbonyl (C=O) groups is 1. The molecule has 0 spiro atoms. The summed E-state index contributed by atoms with van der Waals surface area (Å²) < 4.78 is 12.2. The Morgan fingerprint density at radius 2 is 1.93 bits per heavy atom. The van der Waals surface area contributed by atoms with Gasteiger partial charge in [0, 0.05) is 5.38 Å². The average Bonchev–Trinajstić information content (AvgIpc) is 3.29. The summed E-state index contributed by atoms with van der Waals surface area (Å²) in [5.74, 6) is 1.16. The standard InChI is InChI=1S/C21H20N2O4S/c1-13-3-5-15(6-4-13)17-11-28-21(25)23(17)10-20(24)22-14(2)16-7-8-18-19(9-16)27-12-26-18/h3-9,11,14H,10,12H2,1-2H3,(H,22,24)/t14-/m1/s1. The Morgan fingerprint density at radius 3 is 2.71 bits per heavy atom. The second-order valence-electron chi connectivity index (χ2n) is 6.74. The summed E-state index contributed by atoms with van der Waals surface area (Å²) >= 11 is 1.10. The average molecular weight is 396 g/mol. The second-order valence-corrected chi connectivity index (χ2v) is 7.56. The molecule has 4 rings (SSSR count). The van der Waals surface area contributed by atoms with Crippen LogP contribution in [0.1, 0.15) is 24.1 Å². The van der Waals surface area contributed by atoms with Crippen LogP contribution in [0.3, 0.4) is 0 Å². The molecule has 2 aromatic carbocycles. The quantitative estimate of drug-likeness (QED) is 0.717. The highest BCUT2D eigenvalue weighted by Gasteiger charge is 2.18. The number of carbonyl (C=O) groups excluding carboxylic acids is 1. The minimum absolute atomic E-state index is 0.0273. The van der Waals surface area contributed by atoms with Crippen LogP contribution in [-0.4, -0.2) is 17.3 Å². The predicted octanol–water partition coefficient (Wildman–Crippen LogP) is 3.49. The number of nitrogens with zero attached hydrogens (tertiary/aromatic N) is 1. The summed E-state index contributed by atoms with van der Waals surface area (Å²) in [6.07, 6.45) is 0. The van der Waals surface area contributed by atoms with E-state index in [9.17, 15) is 9.59 Å². The Bertz CT molecular complexity index is 1070. The Labute approximate surface area is 166 Å². The number of hydrogen-bond donors (Lipinski definition) is 1. The van der Waals surface area contributed by atoms with Crippen molar-refractivity contribution in [3.05, 3.63) is 68.6 Å². The van der Waals surface area contributed by atoms with Gasteiger partial charge in [-0.25, -0.2) is 0 Å². The predicted molar refractivity (Wildman–Crippen MR) is 108 cm³/mol. The fraction of sp³-hybridized carbons (Fsp3) is 0.238. The topological polar surface area (TPSA) is 69.6 Å². The van der Waals surface area contributed by atoms with Crippen LogP contribution in [0.25, 0.3) is 11.3 Å². The summed E-state index contributed by atoms with van der Waals surface area (Å²) in [7, 11) is 0. The molecular weight excluding hydrogens is 376 g/mol. The van der Waals surface area contributed by atoms with Gasteiger partial charge in [0.15, 0.2) is 11.5 Å². The molecule has 7 heteroatoms. The van der Waals surface area contributed by atoms with Crippen molar-refractivity contribution in [1.82, 2.24) is 9.88 Å². The molecule has 144 valence electrons.